The van der Waals surface area contributed by atoms with Gasteiger partial charge in [0.05, 0.1) is 0 Å². The lowest BCUT2D eigenvalue weighted by Gasteiger charge is -1.96. The molecular weight excluding hydrogens is 250 g/mol. The normalized spacial score (nSPS) is 9.24. The number of carbonyl (C=O) groups excluding carboxylic acids is 1. The maximum Gasteiger partial charge on any atom is 0.185 e. The van der Waals surface area contributed by atoms with Crippen LogP contribution in [-0.4, -0.2) is 15.9 Å². The number of benzene rings is 1. The van der Waals surface area contributed by atoms with Gasteiger partial charge in [-0.05, 0) is 12.1 Å². The second-order valence-electron chi connectivity index (χ2n) is 3.33. The average Bonchev–Trinajstić information content (AvgIpc) is 2.29. The van der Waals surface area contributed by atoms with Crippen molar-refractivity contribution in [2.75, 3.05) is 5.75 Å². The average molecular weight is 263 g/mol. The first-order chi connectivity index (χ1) is 8.09. The van der Waals surface area contributed by atoms with E-state index in [1.165, 1.54) is 11.8 Å². The molecule has 0 aliphatic carbocycles. The number of hydrogen-bond donors (Lipinski definition) is 1. The molecule has 0 unspecified atom stereocenters. The SMILES string of the molecule is CC(=O)SCCC#Cc1ccc(C(N)=S)cc1. The summed E-state index contributed by atoms with van der Waals surface area (Å²) < 4.78 is 0. The Kier molecular flexibility index (Phi) is 5.75. The molecule has 0 amide bonds. The van der Waals surface area contributed by atoms with Crippen LogP contribution in [0.2, 0.25) is 0 Å². The van der Waals surface area contributed by atoms with Crippen LogP contribution in [0.4, 0.5) is 0 Å². The number of rotatable bonds is 3. The summed E-state index contributed by atoms with van der Waals surface area (Å²) >= 11 is 6.16. The number of nitrogens with two attached hydrogens (primary N) is 1. The third kappa shape index (κ3) is 5.53. The molecule has 0 aliphatic heterocycles. The highest BCUT2D eigenvalue weighted by atomic mass is 32.2. The van der Waals surface area contributed by atoms with E-state index in [2.05, 4.69) is 11.8 Å². The van der Waals surface area contributed by atoms with E-state index in [0.717, 1.165) is 16.9 Å². The first kappa shape index (κ1) is 13.8. The van der Waals surface area contributed by atoms with Crippen LogP contribution >= 0.6 is 24.0 Å². The second-order valence-corrected chi connectivity index (χ2v) is 5.05. The Bertz CT molecular complexity index is 468. The first-order valence-electron chi connectivity index (χ1n) is 5.11. The van der Waals surface area contributed by atoms with Crippen LogP contribution in [0.15, 0.2) is 24.3 Å². The molecule has 2 nitrogen and oxygen atoms in total. The van der Waals surface area contributed by atoms with E-state index >= 15 is 0 Å². The summed E-state index contributed by atoms with van der Waals surface area (Å²) in [5.74, 6) is 6.79. The second kappa shape index (κ2) is 7.10. The van der Waals surface area contributed by atoms with E-state index in [-0.39, 0.29) is 5.12 Å². The molecule has 88 valence electrons. The zero-order valence-corrected chi connectivity index (χ0v) is 11.2. The van der Waals surface area contributed by atoms with Crippen LogP contribution in [0.1, 0.15) is 24.5 Å². The molecule has 0 saturated carbocycles. The van der Waals surface area contributed by atoms with Gasteiger partial charge >= 0.3 is 0 Å². The van der Waals surface area contributed by atoms with Crippen molar-refractivity contribution in [1.29, 1.82) is 0 Å². The molecular formula is C13H13NOS2. The van der Waals surface area contributed by atoms with Gasteiger partial charge in [-0.15, -0.1) is 0 Å². The molecule has 1 aromatic carbocycles. The number of hydrogen-bond acceptors (Lipinski definition) is 3. The highest BCUT2D eigenvalue weighted by Crippen LogP contribution is 2.04. The van der Waals surface area contributed by atoms with Crippen molar-refractivity contribution in [3.8, 4) is 11.8 Å². The molecule has 0 saturated heterocycles. The van der Waals surface area contributed by atoms with Gasteiger partial charge in [0, 0.05) is 30.2 Å². The Morgan fingerprint density at radius 2 is 2.06 bits per heavy atom. The molecule has 0 heterocycles. The molecule has 17 heavy (non-hydrogen) atoms. The summed E-state index contributed by atoms with van der Waals surface area (Å²) in [7, 11) is 0. The predicted molar refractivity (Wildman–Crippen MR) is 77.0 cm³/mol. The first-order valence-corrected chi connectivity index (χ1v) is 6.51. The lowest BCUT2D eigenvalue weighted by atomic mass is 10.1. The standard InChI is InChI=1S/C13H13NOS2/c1-10(15)17-9-3-2-4-11-5-7-12(8-6-11)13(14)16/h5-8H,3,9H2,1H3,(H2,14,16). The molecule has 1 rings (SSSR count). The summed E-state index contributed by atoms with van der Waals surface area (Å²) in [5.41, 5.74) is 7.27. The molecule has 4 heteroatoms. The van der Waals surface area contributed by atoms with E-state index in [1.807, 2.05) is 24.3 Å². The predicted octanol–water partition coefficient (Wildman–Crippen LogP) is 2.34. The molecule has 2 N–H and O–H groups in total. The summed E-state index contributed by atoms with van der Waals surface area (Å²) in [6, 6.07) is 7.49. The number of thioether (sulfide) groups is 1. The quantitative estimate of drug-likeness (QED) is 0.516. The van der Waals surface area contributed by atoms with Gasteiger partial charge in [0.15, 0.2) is 5.12 Å². The van der Waals surface area contributed by atoms with Gasteiger partial charge in [-0.1, -0.05) is 48.0 Å². The van der Waals surface area contributed by atoms with Crippen LogP contribution in [0.3, 0.4) is 0 Å². The van der Waals surface area contributed by atoms with Crippen molar-refractivity contribution in [1.82, 2.24) is 0 Å². The largest absolute Gasteiger partial charge is 0.389 e. The third-order valence-electron chi connectivity index (χ3n) is 1.93. The van der Waals surface area contributed by atoms with Crippen molar-refractivity contribution in [2.45, 2.75) is 13.3 Å². The molecule has 0 aliphatic rings. The van der Waals surface area contributed by atoms with Crippen molar-refractivity contribution >= 4 is 34.1 Å². The zero-order chi connectivity index (χ0) is 12.7. The van der Waals surface area contributed by atoms with E-state index in [9.17, 15) is 4.79 Å². The van der Waals surface area contributed by atoms with Gasteiger partial charge in [0.25, 0.3) is 0 Å². The summed E-state index contributed by atoms with van der Waals surface area (Å²) in [6.07, 6.45) is 0.710. The Labute approximate surface area is 111 Å². The van der Waals surface area contributed by atoms with Crippen LogP contribution in [0.25, 0.3) is 0 Å². The minimum atomic E-state index is 0.132. The van der Waals surface area contributed by atoms with Crippen LogP contribution in [-0.2, 0) is 4.79 Å². The molecule has 0 fully saturated rings. The van der Waals surface area contributed by atoms with E-state index in [1.54, 1.807) is 6.92 Å². The third-order valence-corrected chi connectivity index (χ3v) is 2.99. The minimum Gasteiger partial charge on any atom is -0.389 e. The summed E-state index contributed by atoms with van der Waals surface area (Å²) in [4.78, 5) is 11.1. The lowest BCUT2D eigenvalue weighted by molar-refractivity contribution is -0.109. The highest BCUT2D eigenvalue weighted by molar-refractivity contribution is 8.13. The van der Waals surface area contributed by atoms with Crippen LogP contribution < -0.4 is 5.73 Å². The fourth-order valence-corrected chi connectivity index (χ4v) is 1.76. The lowest BCUT2D eigenvalue weighted by Crippen LogP contribution is -2.08. The van der Waals surface area contributed by atoms with Gasteiger partial charge in [0.2, 0.25) is 0 Å². The molecule has 0 bridgehead atoms. The fraction of sp³-hybridized carbons (Fsp3) is 0.231. The Hall–Kier alpha value is -1.31. The molecule has 0 radical (unpaired) electrons. The molecule has 0 spiro atoms. The van der Waals surface area contributed by atoms with Gasteiger partial charge in [-0.2, -0.15) is 0 Å². The van der Waals surface area contributed by atoms with Crippen LogP contribution in [0, 0.1) is 11.8 Å². The maximum absolute atomic E-state index is 10.7. The van der Waals surface area contributed by atoms with Crippen molar-refractivity contribution < 1.29 is 4.79 Å². The maximum atomic E-state index is 10.7. The fourth-order valence-electron chi connectivity index (χ4n) is 1.13. The van der Waals surface area contributed by atoms with Gasteiger partial charge in [-0.25, -0.2) is 0 Å². The van der Waals surface area contributed by atoms with Crippen LogP contribution in [0.5, 0.6) is 0 Å². The molecule has 0 aromatic heterocycles. The molecule has 0 atom stereocenters. The van der Waals surface area contributed by atoms with Gasteiger partial charge < -0.3 is 5.73 Å². The highest BCUT2D eigenvalue weighted by Gasteiger charge is 1.94. The van der Waals surface area contributed by atoms with E-state index in [4.69, 9.17) is 18.0 Å². The zero-order valence-electron chi connectivity index (χ0n) is 9.53. The Morgan fingerprint density at radius 1 is 1.41 bits per heavy atom. The van der Waals surface area contributed by atoms with Gasteiger partial charge in [-0.3, -0.25) is 4.79 Å². The summed E-state index contributed by atoms with van der Waals surface area (Å²) in [5, 5.41) is 0.132. The van der Waals surface area contributed by atoms with Crippen molar-refractivity contribution in [2.24, 2.45) is 5.73 Å². The Balaban J connectivity index is 2.49. The van der Waals surface area contributed by atoms with E-state index < -0.39 is 0 Å². The monoisotopic (exact) mass is 263 g/mol. The summed E-state index contributed by atoms with van der Waals surface area (Å²) in [6.45, 7) is 1.56. The number of thiocarbonyl (C=S) groups is 1. The topological polar surface area (TPSA) is 43.1 Å². The minimum absolute atomic E-state index is 0.132. The molecule has 1 aromatic rings. The van der Waals surface area contributed by atoms with Crippen molar-refractivity contribution in [3.05, 3.63) is 35.4 Å². The van der Waals surface area contributed by atoms with Gasteiger partial charge in [0.1, 0.15) is 4.99 Å². The Morgan fingerprint density at radius 3 is 2.59 bits per heavy atom. The number of carbonyl (C=O) groups is 1. The van der Waals surface area contributed by atoms with Crippen molar-refractivity contribution in [3.63, 3.8) is 0 Å². The van der Waals surface area contributed by atoms with E-state index in [0.29, 0.717) is 11.4 Å². The smallest absolute Gasteiger partial charge is 0.185 e.